The summed E-state index contributed by atoms with van der Waals surface area (Å²) in [5.41, 5.74) is 13.0. The van der Waals surface area contributed by atoms with Gasteiger partial charge in [0.1, 0.15) is 0 Å². The summed E-state index contributed by atoms with van der Waals surface area (Å²) in [4.78, 5) is 11.6. The van der Waals surface area contributed by atoms with Crippen molar-refractivity contribution in [1.82, 2.24) is 5.32 Å². The van der Waals surface area contributed by atoms with Crippen molar-refractivity contribution >= 4 is 11.6 Å². The number of anilines is 1. The Morgan fingerprint density at radius 2 is 1.88 bits per heavy atom. The van der Waals surface area contributed by atoms with Crippen molar-refractivity contribution in [3.8, 4) is 0 Å². The molecule has 0 saturated heterocycles. The predicted octanol–water partition coefficient (Wildman–Crippen LogP) is 0.868. The van der Waals surface area contributed by atoms with Crippen LogP contribution in [0.25, 0.3) is 0 Å². The Hall–Kier alpha value is -1.55. The maximum atomic E-state index is 11.6. The van der Waals surface area contributed by atoms with Gasteiger partial charge in [0.05, 0.1) is 6.04 Å². The van der Waals surface area contributed by atoms with Crippen LogP contribution in [0, 0.1) is 5.92 Å². The van der Waals surface area contributed by atoms with Crippen molar-refractivity contribution in [2.24, 2.45) is 11.7 Å². The molecule has 0 fully saturated rings. The van der Waals surface area contributed by atoms with E-state index < -0.39 is 6.04 Å². The number of hydrogen-bond acceptors (Lipinski definition) is 3. The third-order valence-corrected chi connectivity index (χ3v) is 2.47. The molecule has 0 heterocycles. The Morgan fingerprint density at radius 3 is 2.38 bits per heavy atom. The third kappa shape index (κ3) is 3.55. The molecular formula is C12H19N3O. The molecule has 0 aromatic heterocycles. The molecule has 0 aliphatic heterocycles. The first kappa shape index (κ1) is 12.5. The summed E-state index contributed by atoms with van der Waals surface area (Å²) in [6.45, 7) is 4.33. The second-order valence-corrected chi connectivity index (χ2v) is 4.23. The van der Waals surface area contributed by atoms with Crippen LogP contribution in [-0.4, -0.2) is 11.9 Å². The standard InChI is InChI=1S/C12H19N3O/c1-8(2)11(14)12(16)15-7-9-3-5-10(13)6-4-9/h3-6,8,11H,7,13-14H2,1-2H3,(H,15,16). The maximum Gasteiger partial charge on any atom is 0.237 e. The molecule has 0 aliphatic carbocycles. The fraction of sp³-hybridized carbons (Fsp3) is 0.417. The summed E-state index contributed by atoms with van der Waals surface area (Å²) < 4.78 is 0. The van der Waals surface area contributed by atoms with Gasteiger partial charge in [0, 0.05) is 12.2 Å². The number of benzene rings is 1. The normalized spacial score (nSPS) is 12.5. The summed E-state index contributed by atoms with van der Waals surface area (Å²) in [5.74, 6) is 0.0262. The molecule has 16 heavy (non-hydrogen) atoms. The molecule has 4 heteroatoms. The van der Waals surface area contributed by atoms with Crippen LogP contribution >= 0.6 is 0 Å². The average molecular weight is 221 g/mol. The van der Waals surface area contributed by atoms with Gasteiger partial charge < -0.3 is 16.8 Å². The third-order valence-electron chi connectivity index (χ3n) is 2.47. The van der Waals surface area contributed by atoms with Crippen molar-refractivity contribution < 1.29 is 4.79 Å². The predicted molar refractivity (Wildman–Crippen MR) is 65.5 cm³/mol. The lowest BCUT2D eigenvalue weighted by Gasteiger charge is -2.15. The molecule has 1 atom stereocenters. The summed E-state index contributed by atoms with van der Waals surface area (Å²) >= 11 is 0. The first-order valence-corrected chi connectivity index (χ1v) is 5.38. The van der Waals surface area contributed by atoms with E-state index in [2.05, 4.69) is 5.32 Å². The zero-order chi connectivity index (χ0) is 12.1. The highest BCUT2D eigenvalue weighted by molar-refractivity contribution is 5.81. The van der Waals surface area contributed by atoms with Gasteiger partial charge in [-0.25, -0.2) is 0 Å². The molecule has 1 aromatic carbocycles. The van der Waals surface area contributed by atoms with Crippen molar-refractivity contribution in [2.45, 2.75) is 26.4 Å². The van der Waals surface area contributed by atoms with Gasteiger partial charge in [-0.2, -0.15) is 0 Å². The molecule has 0 aliphatic rings. The summed E-state index contributed by atoms with van der Waals surface area (Å²) in [6, 6.07) is 6.94. The Morgan fingerprint density at radius 1 is 1.31 bits per heavy atom. The van der Waals surface area contributed by atoms with Gasteiger partial charge in [0.2, 0.25) is 5.91 Å². The Labute approximate surface area is 96.0 Å². The van der Waals surface area contributed by atoms with E-state index in [1.165, 1.54) is 0 Å². The first-order chi connectivity index (χ1) is 7.50. The van der Waals surface area contributed by atoms with Crippen LogP contribution in [0.3, 0.4) is 0 Å². The number of rotatable bonds is 4. The molecule has 1 unspecified atom stereocenters. The van der Waals surface area contributed by atoms with Gasteiger partial charge in [-0.3, -0.25) is 4.79 Å². The number of carbonyl (C=O) groups excluding carboxylic acids is 1. The van der Waals surface area contributed by atoms with Crippen molar-refractivity contribution in [3.05, 3.63) is 29.8 Å². The molecule has 0 saturated carbocycles. The first-order valence-electron chi connectivity index (χ1n) is 5.38. The van der Waals surface area contributed by atoms with E-state index in [9.17, 15) is 4.79 Å². The van der Waals surface area contributed by atoms with Gasteiger partial charge in [0.25, 0.3) is 0 Å². The highest BCUT2D eigenvalue weighted by Crippen LogP contribution is 2.05. The lowest BCUT2D eigenvalue weighted by molar-refractivity contribution is -0.123. The largest absolute Gasteiger partial charge is 0.399 e. The molecule has 88 valence electrons. The lowest BCUT2D eigenvalue weighted by Crippen LogP contribution is -2.43. The Balaban J connectivity index is 2.46. The number of nitrogens with two attached hydrogens (primary N) is 2. The molecule has 0 spiro atoms. The van der Waals surface area contributed by atoms with E-state index in [4.69, 9.17) is 11.5 Å². The molecule has 0 bridgehead atoms. The Bertz CT molecular complexity index is 346. The van der Waals surface area contributed by atoms with Gasteiger partial charge in [0.15, 0.2) is 0 Å². The number of nitrogen functional groups attached to an aromatic ring is 1. The van der Waals surface area contributed by atoms with Crippen LogP contribution in [-0.2, 0) is 11.3 Å². The monoisotopic (exact) mass is 221 g/mol. The van der Waals surface area contributed by atoms with E-state index in [1.54, 1.807) is 0 Å². The number of nitrogens with one attached hydrogen (secondary N) is 1. The zero-order valence-corrected chi connectivity index (χ0v) is 9.73. The van der Waals surface area contributed by atoms with Crippen LogP contribution in [0.1, 0.15) is 19.4 Å². The SMILES string of the molecule is CC(C)C(N)C(=O)NCc1ccc(N)cc1. The minimum Gasteiger partial charge on any atom is -0.399 e. The number of amides is 1. The number of hydrogen-bond donors (Lipinski definition) is 3. The highest BCUT2D eigenvalue weighted by atomic mass is 16.2. The van der Waals surface area contributed by atoms with Gasteiger partial charge in [-0.15, -0.1) is 0 Å². The minimum absolute atomic E-state index is 0.119. The van der Waals surface area contributed by atoms with E-state index in [1.807, 2.05) is 38.1 Å². The van der Waals surface area contributed by atoms with E-state index >= 15 is 0 Å². The topological polar surface area (TPSA) is 81.1 Å². The van der Waals surface area contributed by atoms with Crippen LogP contribution in [0.15, 0.2) is 24.3 Å². The van der Waals surface area contributed by atoms with E-state index in [0.717, 1.165) is 5.56 Å². The fourth-order valence-corrected chi connectivity index (χ4v) is 1.25. The van der Waals surface area contributed by atoms with Gasteiger partial charge in [-0.1, -0.05) is 26.0 Å². The second-order valence-electron chi connectivity index (χ2n) is 4.23. The molecule has 1 rings (SSSR count). The molecule has 4 nitrogen and oxygen atoms in total. The summed E-state index contributed by atoms with van der Waals surface area (Å²) in [6.07, 6.45) is 0. The summed E-state index contributed by atoms with van der Waals surface area (Å²) in [7, 11) is 0. The Kier molecular flexibility index (Phi) is 4.31. The van der Waals surface area contributed by atoms with Crippen molar-refractivity contribution in [3.63, 3.8) is 0 Å². The zero-order valence-electron chi connectivity index (χ0n) is 9.73. The average Bonchev–Trinajstić information content (AvgIpc) is 2.26. The van der Waals surface area contributed by atoms with Crippen molar-refractivity contribution in [2.75, 3.05) is 5.73 Å². The van der Waals surface area contributed by atoms with Crippen LogP contribution in [0.2, 0.25) is 0 Å². The van der Waals surface area contributed by atoms with Crippen LogP contribution in [0.4, 0.5) is 5.69 Å². The second kappa shape index (κ2) is 5.51. The quantitative estimate of drug-likeness (QED) is 0.660. The maximum absolute atomic E-state index is 11.6. The van der Waals surface area contributed by atoms with Crippen LogP contribution < -0.4 is 16.8 Å². The van der Waals surface area contributed by atoms with Gasteiger partial charge >= 0.3 is 0 Å². The molecule has 5 N–H and O–H groups in total. The molecule has 1 aromatic rings. The smallest absolute Gasteiger partial charge is 0.237 e. The van der Waals surface area contributed by atoms with E-state index in [-0.39, 0.29) is 11.8 Å². The summed E-state index contributed by atoms with van der Waals surface area (Å²) in [5, 5.41) is 2.79. The lowest BCUT2D eigenvalue weighted by atomic mass is 10.0. The number of carbonyl (C=O) groups is 1. The fourth-order valence-electron chi connectivity index (χ4n) is 1.25. The van der Waals surface area contributed by atoms with E-state index in [0.29, 0.717) is 12.2 Å². The van der Waals surface area contributed by atoms with Crippen molar-refractivity contribution in [1.29, 1.82) is 0 Å². The minimum atomic E-state index is -0.450. The molecule has 0 radical (unpaired) electrons. The molecular weight excluding hydrogens is 202 g/mol. The highest BCUT2D eigenvalue weighted by Gasteiger charge is 2.16. The molecule has 1 amide bonds. The van der Waals surface area contributed by atoms with Gasteiger partial charge in [-0.05, 0) is 23.6 Å². The van der Waals surface area contributed by atoms with Crippen LogP contribution in [0.5, 0.6) is 0 Å².